The number of aryl methyl sites for hydroxylation is 1. The van der Waals surface area contributed by atoms with Crippen LogP contribution >= 0.6 is 24.0 Å². The number of benzene rings is 1. The minimum absolute atomic E-state index is 0. The van der Waals surface area contributed by atoms with E-state index in [-0.39, 0.29) is 24.0 Å². The van der Waals surface area contributed by atoms with E-state index < -0.39 is 0 Å². The summed E-state index contributed by atoms with van der Waals surface area (Å²) in [6.07, 6.45) is 2.29. The highest BCUT2D eigenvalue weighted by Gasteiger charge is 2.09. The number of furan rings is 1. The molecule has 0 saturated heterocycles. The highest BCUT2D eigenvalue weighted by atomic mass is 127. The maximum atomic E-state index is 5.31. The van der Waals surface area contributed by atoms with Gasteiger partial charge < -0.3 is 14.6 Å². The molecule has 0 spiro atoms. The van der Waals surface area contributed by atoms with E-state index in [1.807, 2.05) is 19.2 Å². The fourth-order valence-corrected chi connectivity index (χ4v) is 2.70. The average Bonchev–Trinajstić information content (AvgIpc) is 3.34. The number of hydrogen-bond donors (Lipinski definition) is 2. The van der Waals surface area contributed by atoms with Crippen LogP contribution < -0.4 is 5.32 Å². The van der Waals surface area contributed by atoms with Gasteiger partial charge in [0.05, 0.1) is 6.26 Å². The smallest absolute Gasteiger partial charge is 0.216 e. The number of rotatable bonds is 7. The van der Waals surface area contributed by atoms with Crippen molar-refractivity contribution in [3.05, 3.63) is 59.6 Å². The van der Waals surface area contributed by atoms with Gasteiger partial charge in [-0.1, -0.05) is 29.8 Å². The second-order valence-corrected chi connectivity index (χ2v) is 6.41. The molecule has 2 aromatic heterocycles. The van der Waals surface area contributed by atoms with E-state index in [2.05, 4.69) is 63.5 Å². The lowest BCUT2D eigenvalue weighted by Crippen LogP contribution is -2.38. The third kappa shape index (κ3) is 6.08. The summed E-state index contributed by atoms with van der Waals surface area (Å²) in [5.74, 6) is 2.90. The number of aliphatic imine (C=N–C) groups is 1. The maximum absolute atomic E-state index is 5.31. The minimum atomic E-state index is 0. The largest absolute Gasteiger partial charge is 0.461 e. The van der Waals surface area contributed by atoms with Crippen molar-refractivity contribution in [1.29, 1.82) is 0 Å². The Morgan fingerprint density at radius 2 is 2.04 bits per heavy atom. The number of aromatic nitrogens is 3. The molecule has 0 radical (unpaired) electrons. The van der Waals surface area contributed by atoms with Crippen molar-refractivity contribution in [2.24, 2.45) is 4.99 Å². The first-order chi connectivity index (χ1) is 13.2. The number of guanidine groups is 1. The Morgan fingerprint density at radius 1 is 1.25 bits per heavy atom. The molecule has 8 heteroatoms. The van der Waals surface area contributed by atoms with Gasteiger partial charge in [-0.3, -0.25) is 10.1 Å². The Bertz CT molecular complexity index is 857. The van der Waals surface area contributed by atoms with Crippen molar-refractivity contribution in [3.8, 4) is 11.6 Å². The van der Waals surface area contributed by atoms with Crippen molar-refractivity contribution in [1.82, 2.24) is 25.4 Å². The number of aromatic amines is 1. The number of H-pyrrole nitrogens is 1. The third-order valence-corrected chi connectivity index (χ3v) is 4.12. The lowest BCUT2D eigenvalue weighted by Gasteiger charge is -2.22. The molecular formula is C20H27IN6O. The Hall–Kier alpha value is -2.36. The van der Waals surface area contributed by atoms with Crippen LogP contribution in [0.15, 0.2) is 52.1 Å². The van der Waals surface area contributed by atoms with Crippen LogP contribution in [0.2, 0.25) is 0 Å². The van der Waals surface area contributed by atoms with Gasteiger partial charge in [0.15, 0.2) is 11.7 Å². The summed E-state index contributed by atoms with van der Waals surface area (Å²) in [5, 5.41) is 10.5. The fraction of sp³-hybridized carbons (Fsp3) is 0.350. The number of halogens is 1. The zero-order valence-electron chi connectivity index (χ0n) is 16.5. The summed E-state index contributed by atoms with van der Waals surface area (Å²) in [7, 11) is 2.05. The van der Waals surface area contributed by atoms with Gasteiger partial charge in [-0.25, -0.2) is 4.98 Å². The van der Waals surface area contributed by atoms with Crippen LogP contribution in [-0.4, -0.2) is 46.2 Å². The zero-order chi connectivity index (χ0) is 19.1. The fourth-order valence-electron chi connectivity index (χ4n) is 2.70. The Morgan fingerprint density at radius 3 is 2.71 bits per heavy atom. The summed E-state index contributed by atoms with van der Waals surface area (Å²) in [5.41, 5.74) is 2.52. The molecule has 150 valence electrons. The Kier molecular flexibility index (Phi) is 8.49. The molecule has 28 heavy (non-hydrogen) atoms. The predicted octanol–water partition coefficient (Wildman–Crippen LogP) is 3.63. The number of hydrogen-bond acceptors (Lipinski definition) is 4. The second-order valence-electron chi connectivity index (χ2n) is 6.41. The molecule has 0 atom stereocenters. The van der Waals surface area contributed by atoms with Crippen molar-refractivity contribution >= 4 is 29.9 Å². The summed E-state index contributed by atoms with van der Waals surface area (Å²) < 4.78 is 5.31. The highest BCUT2D eigenvalue weighted by molar-refractivity contribution is 14.0. The first kappa shape index (κ1) is 21.9. The van der Waals surface area contributed by atoms with Crippen LogP contribution in [0.3, 0.4) is 0 Å². The Labute approximate surface area is 182 Å². The van der Waals surface area contributed by atoms with Crippen LogP contribution in [-0.2, 0) is 13.0 Å². The van der Waals surface area contributed by atoms with Gasteiger partial charge in [0, 0.05) is 33.1 Å². The molecule has 0 fully saturated rings. The molecule has 0 aliphatic heterocycles. The van der Waals surface area contributed by atoms with Gasteiger partial charge in [-0.05, 0) is 31.5 Å². The molecule has 1 aromatic carbocycles. The first-order valence-corrected chi connectivity index (χ1v) is 9.16. The second kappa shape index (κ2) is 10.8. The van der Waals surface area contributed by atoms with Crippen LogP contribution in [0.25, 0.3) is 11.6 Å². The summed E-state index contributed by atoms with van der Waals surface area (Å²) in [6.45, 7) is 6.41. The lowest BCUT2D eigenvalue weighted by atomic mass is 10.1. The summed E-state index contributed by atoms with van der Waals surface area (Å²) in [6, 6.07) is 12.2. The third-order valence-electron chi connectivity index (χ3n) is 4.12. The van der Waals surface area contributed by atoms with Crippen molar-refractivity contribution in [3.63, 3.8) is 0 Å². The van der Waals surface area contributed by atoms with Gasteiger partial charge in [0.1, 0.15) is 5.82 Å². The quantitative estimate of drug-likeness (QED) is 0.298. The molecule has 3 aromatic rings. The van der Waals surface area contributed by atoms with Gasteiger partial charge in [0.2, 0.25) is 5.82 Å². The van der Waals surface area contributed by atoms with Crippen LogP contribution in [0.5, 0.6) is 0 Å². The van der Waals surface area contributed by atoms with E-state index in [0.717, 1.165) is 24.9 Å². The molecular weight excluding hydrogens is 467 g/mol. The van der Waals surface area contributed by atoms with Crippen LogP contribution in [0, 0.1) is 6.92 Å². The van der Waals surface area contributed by atoms with Crippen molar-refractivity contribution < 1.29 is 4.42 Å². The van der Waals surface area contributed by atoms with Crippen LogP contribution in [0.4, 0.5) is 0 Å². The van der Waals surface area contributed by atoms with Gasteiger partial charge in [-0.2, -0.15) is 5.10 Å². The van der Waals surface area contributed by atoms with E-state index in [9.17, 15) is 0 Å². The van der Waals surface area contributed by atoms with Gasteiger partial charge in [0.25, 0.3) is 0 Å². The average molecular weight is 494 g/mol. The molecule has 2 N–H and O–H groups in total. The van der Waals surface area contributed by atoms with E-state index in [4.69, 9.17) is 9.41 Å². The van der Waals surface area contributed by atoms with E-state index in [0.29, 0.717) is 24.6 Å². The Balaban J connectivity index is 0.00000280. The molecule has 0 amide bonds. The lowest BCUT2D eigenvalue weighted by molar-refractivity contribution is 0.477. The molecule has 0 bridgehead atoms. The number of nitrogens with one attached hydrogen (secondary N) is 2. The first-order valence-electron chi connectivity index (χ1n) is 9.16. The standard InChI is InChI=1S/C20H26N6O.HI/c1-4-21-20(26(3)14-16-9-7-15(2)8-10-16)22-12-11-18-23-19(25-24-18)17-6-5-13-27-17;/h5-10,13H,4,11-12,14H2,1-3H3,(H,21,22)(H,23,24,25);1H. The topological polar surface area (TPSA) is 82.3 Å². The van der Waals surface area contributed by atoms with E-state index in [1.54, 1.807) is 6.26 Å². The van der Waals surface area contributed by atoms with E-state index in [1.165, 1.54) is 11.1 Å². The van der Waals surface area contributed by atoms with Crippen molar-refractivity contribution in [2.45, 2.75) is 26.8 Å². The monoisotopic (exact) mass is 494 g/mol. The maximum Gasteiger partial charge on any atom is 0.216 e. The minimum Gasteiger partial charge on any atom is -0.461 e. The predicted molar refractivity (Wildman–Crippen MR) is 122 cm³/mol. The zero-order valence-corrected chi connectivity index (χ0v) is 18.8. The summed E-state index contributed by atoms with van der Waals surface area (Å²) >= 11 is 0. The molecule has 7 nitrogen and oxygen atoms in total. The molecule has 3 rings (SSSR count). The molecule has 0 aliphatic rings. The van der Waals surface area contributed by atoms with Gasteiger partial charge >= 0.3 is 0 Å². The molecule has 0 saturated carbocycles. The van der Waals surface area contributed by atoms with Gasteiger partial charge in [-0.15, -0.1) is 24.0 Å². The van der Waals surface area contributed by atoms with Crippen LogP contribution in [0.1, 0.15) is 23.9 Å². The molecule has 2 heterocycles. The highest BCUT2D eigenvalue weighted by Crippen LogP contribution is 2.14. The number of nitrogens with zero attached hydrogens (tertiary/aromatic N) is 4. The molecule has 0 unspecified atom stereocenters. The van der Waals surface area contributed by atoms with Crippen molar-refractivity contribution in [2.75, 3.05) is 20.1 Å². The normalized spacial score (nSPS) is 11.2. The van der Waals surface area contributed by atoms with E-state index >= 15 is 0 Å². The molecule has 0 aliphatic carbocycles. The summed E-state index contributed by atoms with van der Waals surface area (Å²) in [4.78, 5) is 11.3. The SMILES string of the molecule is CCNC(=NCCc1nc(-c2ccco2)n[nH]1)N(C)Cc1ccc(C)cc1.I.